The standard InChI is InChI=1S/C14H13N3/c1-10-6-2-4-8-12(10)17-13-9-5-3-7-11(13)14(15)16-17/h2-9H,1H3,(H2,15,16). The summed E-state index contributed by atoms with van der Waals surface area (Å²) in [7, 11) is 0. The number of fused-ring (bicyclic) bond motifs is 1. The average Bonchev–Trinajstić information content (AvgIpc) is 2.68. The zero-order valence-electron chi connectivity index (χ0n) is 9.59. The summed E-state index contributed by atoms with van der Waals surface area (Å²) in [5, 5.41) is 5.41. The van der Waals surface area contributed by atoms with Gasteiger partial charge in [0.25, 0.3) is 0 Å². The molecule has 3 aromatic rings. The zero-order chi connectivity index (χ0) is 11.8. The topological polar surface area (TPSA) is 43.8 Å². The van der Waals surface area contributed by atoms with Gasteiger partial charge in [-0.15, -0.1) is 5.10 Å². The Morgan fingerprint density at radius 3 is 2.53 bits per heavy atom. The Morgan fingerprint density at radius 2 is 1.71 bits per heavy atom. The minimum Gasteiger partial charge on any atom is -0.382 e. The van der Waals surface area contributed by atoms with Gasteiger partial charge in [0, 0.05) is 5.39 Å². The molecule has 0 spiro atoms. The number of hydrogen-bond donors (Lipinski definition) is 1. The summed E-state index contributed by atoms with van der Waals surface area (Å²) in [4.78, 5) is 0. The van der Waals surface area contributed by atoms with Crippen LogP contribution in [-0.4, -0.2) is 9.78 Å². The van der Waals surface area contributed by atoms with Gasteiger partial charge >= 0.3 is 0 Å². The molecule has 0 aliphatic rings. The fraction of sp³-hybridized carbons (Fsp3) is 0.0714. The molecule has 0 aliphatic carbocycles. The van der Waals surface area contributed by atoms with E-state index in [0.717, 1.165) is 16.6 Å². The molecule has 0 saturated carbocycles. The maximum Gasteiger partial charge on any atom is 0.153 e. The molecule has 84 valence electrons. The Labute approximate surface area is 99.5 Å². The van der Waals surface area contributed by atoms with Crippen molar-refractivity contribution in [3.63, 3.8) is 0 Å². The lowest BCUT2D eigenvalue weighted by Crippen LogP contribution is -1.99. The predicted molar refractivity (Wildman–Crippen MR) is 70.2 cm³/mol. The summed E-state index contributed by atoms with van der Waals surface area (Å²) in [6.45, 7) is 2.07. The first-order valence-electron chi connectivity index (χ1n) is 5.56. The van der Waals surface area contributed by atoms with Crippen LogP contribution in [-0.2, 0) is 0 Å². The van der Waals surface area contributed by atoms with Crippen LogP contribution in [0.3, 0.4) is 0 Å². The molecule has 3 rings (SSSR count). The molecule has 2 N–H and O–H groups in total. The number of anilines is 1. The number of nitrogen functional groups attached to an aromatic ring is 1. The van der Waals surface area contributed by atoms with Crippen LogP contribution in [0.5, 0.6) is 0 Å². The molecule has 0 amide bonds. The van der Waals surface area contributed by atoms with E-state index in [9.17, 15) is 0 Å². The molecule has 3 heteroatoms. The van der Waals surface area contributed by atoms with Crippen LogP contribution in [0.4, 0.5) is 5.82 Å². The summed E-state index contributed by atoms with van der Waals surface area (Å²) in [6.07, 6.45) is 0. The molecule has 2 aromatic carbocycles. The zero-order valence-corrected chi connectivity index (χ0v) is 9.59. The quantitative estimate of drug-likeness (QED) is 0.689. The van der Waals surface area contributed by atoms with Gasteiger partial charge < -0.3 is 5.73 Å². The van der Waals surface area contributed by atoms with Gasteiger partial charge in [-0.3, -0.25) is 0 Å². The summed E-state index contributed by atoms with van der Waals surface area (Å²) in [5.74, 6) is 0.573. The molecular weight excluding hydrogens is 210 g/mol. The van der Waals surface area contributed by atoms with E-state index in [-0.39, 0.29) is 0 Å². The van der Waals surface area contributed by atoms with Gasteiger partial charge in [-0.1, -0.05) is 30.3 Å². The molecule has 1 aromatic heterocycles. The number of nitrogens with zero attached hydrogens (tertiary/aromatic N) is 2. The van der Waals surface area contributed by atoms with Gasteiger partial charge in [-0.05, 0) is 30.7 Å². The minimum absolute atomic E-state index is 0.573. The molecule has 3 nitrogen and oxygen atoms in total. The lowest BCUT2D eigenvalue weighted by atomic mass is 10.2. The number of rotatable bonds is 1. The summed E-state index contributed by atoms with van der Waals surface area (Å²) >= 11 is 0. The second-order valence-corrected chi connectivity index (χ2v) is 4.10. The van der Waals surface area contributed by atoms with Crippen molar-refractivity contribution in [2.45, 2.75) is 6.92 Å². The molecule has 17 heavy (non-hydrogen) atoms. The number of nitrogens with two attached hydrogens (primary N) is 1. The van der Waals surface area contributed by atoms with Crippen molar-refractivity contribution in [2.75, 3.05) is 5.73 Å². The Hall–Kier alpha value is -2.29. The van der Waals surface area contributed by atoms with E-state index in [1.165, 1.54) is 5.56 Å². The molecule has 0 saturated heterocycles. The van der Waals surface area contributed by atoms with Gasteiger partial charge in [-0.2, -0.15) is 0 Å². The predicted octanol–water partition coefficient (Wildman–Crippen LogP) is 2.92. The van der Waals surface area contributed by atoms with Crippen molar-refractivity contribution in [3.05, 3.63) is 54.1 Å². The summed E-state index contributed by atoms with van der Waals surface area (Å²) in [6, 6.07) is 16.2. The van der Waals surface area contributed by atoms with E-state index in [0.29, 0.717) is 5.82 Å². The highest BCUT2D eigenvalue weighted by atomic mass is 15.3. The van der Waals surface area contributed by atoms with E-state index in [1.807, 2.05) is 47.1 Å². The van der Waals surface area contributed by atoms with E-state index >= 15 is 0 Å². The fourth-order valence-corrected chi connectivity index (χ4v) is 2.08. The highest BCUT2D eigenvalue weighted by Crippen LogP contribution is 2.24. The molecule has 0 bridgehead atoms. The molecule has 1 heterocycles. The van der Waals surface area contributed by atoms with E-state index in [1.54, 1.807) is 0 Å². The molecule has 0 unspecified atom stereocenters. The van der Waals surface area contributed by atoms with Gasteiger partial charge in [0.2, 0.25) is 0 Å². The van der Waals surface area contributed by atoms with Gasteiger partial charge in [0.15, 0.2) is 5.82 Å². The van der Waals surface area contributed by atoms with E-state index < -0.39 is 0 Å². The first-order chi connectivity index (χ1) is 8.27. The Kier molecular flexibility index (Phi) is 2.11. The first-order valence-corrected chi connectivity index (χ1v) is 5.56. The van der Waals surface area contributed by atoms with Crippen molar-refractivity contribution >= 4 is 16.7 Å². The van der Waals surface area contributed by atoms with Gasteiger partial charge in [-0.25, -0.2) is 4.68 Å². The van der Waals surface area contributed by atoms with Gasteiger partial charge in [0.05, 0.1) is 11.2 Å². The van der Waals surface area contributed by atoms with Crippen molar-refractivity contribution < 1.29 is 0 Å². The average molecular weight is 223 g/mol. The maximum atomic E-state index is 5.93. The van der Waals surface area contributed by atoms with Crippen LogP contribution < -0.4 is 5.73 Å². The lowest BCUT2D eigenvalue weighted by molar-refractivity contribution is 0.908. The third kappa shape index (κ3) is 1.47. The van der Waals surface area contributed by atoms with Crippen molar-refractivity contribution in [2.24, 2.45) is 0 Å². The lowest BCUT2D eigenvalue weighted by Gasteiger charge is -2.06. The number of benzene rings is 2. The summed E-state index contributed by atoms with van der Waals surface area (Å²) in [5.41, 5.74) is 9.22. The van der Waals surface area contributed by atoms with Crippen LogP contribution in [0.1, 0.15) is 5.56 Å². The minimum atomic E-state index is 0.573. The summed E-state index contributed by atoms with van der Waals surface area (Å²) < 4.78 is 1.90. The second-order valence-electron chi connectivity index (χ2n) is 4.10. The molecule has 0 aliphatic heterocycles. The SMILES string of the molecule is Cc1ccccc1-n1nc(N)c2ccccc21. The van der Waals surface area contributed by atoms with Crippen LogP contribution >= 0.6 is 0 Å². The van der Waals surface area contributed by atoms with Crippen molar-refractivity contribution in [1.82, 2.24) is 9.78 Å². The smallest absolute Gasteiger partial charge is 0.153 e. The number of aryl methyl sites for hydroxylation is 1. The van der Waals surface area contributed by atoms with Crippen LogP contribution in [0.2, 0.25) is 0 Å². The number of hydrogen-bond acceptors (Lipinski definition) is 2. The molecule has 0 fully saturated rings. The maximum absolute atomic E-state index is 5.93. The molecule has 0 radical (unpaired) electrons. The van der Waals surface area contributed by atoms with Crippen molar-refractivity contribution in [1.29, 1.82) is 0 Å². The number of para-hydroxylation sites is 2. The Morgan fingerprint density at radius 1 is 1.00 bits per heavy atom. The Bertz CT molecular complexity index is 683. The largest absolute Gasteiger partial charge is 0.382 e. The highest BCUT2D eigenvalue weighted by Gasteiger charge is 2.09. The monoisotopic (exact) mass is 223 g/mol. The normalized spacial score (nSPS) is 10.9. The van der Waals surface area contributed by atoms with Crippen LogP contribution in [0.25, 0.3) is 16.6 Å². The van der Waals surface area contributed by atoms with E-state index in [4.69, 9.17) is 5.73 Å². The van der Waals surface area contributed by atoms with Crippen molar-refractivity contribution in [3.8, 4) is 5.69 Å². The molecular formula is C14H13N3. The second kappa shape index (κ2) is 3.63. The highest BCUT2D eigenvalue weighted by molar-refractivity contribution is 5.90. The van der Waals surface area contributed by atoms with Crippen LogP contribution in [0, 0.1) is 6.92 Å². The third-order valence-corrected chi connectivity index (χ3v) is 2.96. The Balaban J connectivity index is 2.35. The third-order valence-electron chi connectivity index (χ3n) is 2.96. The van der Waals surface area contributed by atoms with Gasteiger partial charge in [0.1, 0.15) is 0 Å². The first kappa shape index (κ1) is 9.90. The number of aromatic nitrogens is 2. The van der Waals surface area contributed by atoms with E-state index in [2.05, 4.69) is 18.1 Å². The molecule has 0 atom stereocenters. The fourth-order valence-electron chi connectivity index (χ4n) is 2.08. The van der Waals surface area contributed by atoms with Crippen LogP contribution in [0.15, 0.2) is 48.5 Å².